The first-order chi connectivity index (χ1) is 5.24. The van der Waals surface area contributed by atoms with Gasteiger partial charge < -0.3 is 0 Å². The van der Waals surface area contributed by atoms with Crippen molar-refractivity contribution in [1.82, 2.24) is 0 Å². The van der Waals surface area contributed by atoms with Crippen LogP contribution in [0.15, 0.2) is 24.3 Å². The molecule has 1 heteroatoms. The first kappa shape index (κ1) is 7.68. The molecule has 0 atom stereocenters. The van der Waals surface area contributed by atoms with Crippen molar-refractivity contribution in [3.05, 3.63) is 41.3 Å². The lowest BCUT2D eigenvalue weighted by Crippen LogP contribution is -1.87. The summed E-state index contributed by atoms with van der Waals surface area (Å²) in [5.41, 5.74) is 1.87. The van der Waals surface area contributed by atoms with Crippen LogP contribution in [-0.2, 0) is 0 Å². The van der Waals surface area contributed by atoms with Gasteiger partial charge in [0.2, 0.25) is 0 Å². The Morgan fingerprint density at radius 2 is 2.09 bits per heavy atom. The average molecular weight is 144 g/mol. The molecule has 0 unspecified atom stereocenters. The minimum absolute atomic E-state index is 0.726. The van der Waals surface area contributed by atoms with Crippen molar-refractivity contribution in [2.24, 2.45) is 0 Å². The molecule has 0 spiro atoms. The van der Waals surface area contributed by atoms with Gasteiger partial charge in [-0.3, -0.25) is 0 Å². The predicted octanol–water partition coefficient (Wildman–Crippen LogP) is 2.52. The molecule has 1 aromatic rings. The molecule has 1 nitrogen and oxygen atoms in total. The van der Waals surface area contributed by atoms with Crippen LogP contribution in [0, 0.1) is 17.2 Å². The second kappa shape index (κ2) is 3.12. The van der Waals surface area contributed by atoms with Crippen molar-refractivity contribution < 1.29 is 0 Å². The molecular formula is C10H10N+. The van der Waals surface area contributed by atoms with Crippen LogP contribution in [-0.4, -0.2) is 0 Å². The van der Waals surface area contributed by atoms with E-state index in [0.29, 0.717) is 0 Å². The van der Waals surface area contributed by atoms with E-state index in [4.69, 9.17) is 5.26 Å². The van der Waals surface area contributed by atoms with Gasteiger partial charge in [0.25, 0.3) is 0 Å². The Balaban J connectivity index is 3.03. The van der Waals surface area contributed by atoms with E-state index in [9.17, 15) is 0 Å². The fourth-order valence-corrected chi connectivity index (χ4v) is 0.900. The molecule has 1 aromatic carbocycles. The van der Waals surface area contributed by atoms with Crippen LogP contribution in [0.4, 0.5) is 0 Å². The summed E-state index contributed by atoms with van der Waals surface area (Å²) in [6.45, 7) is 4.08. The summed E-state index contributed by atoms with van der Waals surface area (Å²) in [4.78, 5) is 0. The van der Waals surface area contributed by atoms with Crippen molar-refractivity contribution in [2.75, 3.05) is 0 Å². The number of nitrogens with zero attached hydrogens (tertiary/aromatic N) is 1. The average Bonchev–Trinajstić information content (AvgIpc) is 2.05. The Morgan fingerprint density at radius 3 is 2.64 bits per heavy atom. The summed E-state index contributed by atoms with van der Waals surface area (Å²) >= 11 is 0. The van der Waals surface area contributed by atoms with E-state index < -0.39 is 0 Å². The second-order valence-electron chi connectivity index (χ2n) is 2.69. The van der Waals surface area contributed by atoms with Gasteiger partial charge in [-0.25, -0.2) is 0 Å². The lowest BCUT2D eigenvalue weighted by Gasteiger charge is -1.94. The third kappa shape index (κ3) is 1.75. The maximum atomic E-state index is 8.58. The minimum Gasteiger partial charge on any atom is -0.191 e. The number of hydrogen-bond donors (Lipinski definition) is 0. The lowest BCUT2D eigenvalue weighted by atomic mass is 10.0. The zero-order chi connectivity index (χ0) is 8.27. The predicted molar refractivity (Wildman–Crippen MR) is 44.9 cm³/mol. The van der Waals surface area contributed by atoms with Crippen LogP contribution in [0.1, 0.15) is 25.0 Å². The van der Waals surface area contributed by atoms with Gasteiger partial charge >= 0.3 is 0 Å². The Bertz CT molecular complexity index is 281. The number of hydrogen-bond acceptors (Lipinski definition) is 1. The molecule has 0 bridgehead atoms. The number of benzene rings is 1. The topological polar surface area (TPSA) is 23.8 Å². The number of nitriles is 1. The molecule has 0 fully saturated rings. The summed E-state index contributed by atoms with van der Waals surface area (Å²) in [6.07, 6.45) is 0. The van der Waals surface area contributed by atoms with Crippen molar-refractivity contribution in [1.29, 1.82) is 5.26 Å². The van der Waals surface area contributed by atoms with Gasteiger partial charge in [-0.15, -0.1) is 0 Å². The second-order valence-corrected chi connectivity index (χ2v) is 2.69. The van der Waals surface area contributed by atoms with E-state index in [0.717, 1.165) is 11.1 Å². The maximum Gasteiger partial charge on any atom is 0.133 e. The fourth-order valence-electron chi connectivity index (χ4n) is 0.900. The van der Waals surface area contributed by atoms with Crippen molar-refractivity contribution in [3.63, 3.8) is 0 Å². The Labute approximate surface area is 67.3 Å². The fraction of sp³-hybridized carbons (Fsp3) is 0.200. The lowest BCUT2D eigenvalue weighted by molar-refractivity contribution is 1.15. The SMILES string of the molecule is C[C+](C)c1cccc(C#N)c1. The van der Waals surface area contributed by atoms with Crippen molar-refractivity contribution in [3.8, 4) is 6.07 Å². The molecule has 54 valence electrons. The van der Waals surface area contributed by atoms with Crippen LogP contribution in [0.3, 0.4) is 0 Å². The standard InChI is InChI=1S/C10H10N/c1-8(2)10-5-3-4-9(6-10)7-11/h3-6H,1-2H3/q+1. The highest BCUT2D eigenvalue weighted by Gasteiger charge is 2.07. The largest absolute Gasteiger partial charge is 0.191 e. The van der Waals surface area contributed by atoms with Gasteiger partial charge in [0.15, 0.2) is 0 Å². The van der Waals surface area contributed by atoms with E-state index in [1.807, 2.05) is 38.1 Å². The maximum absolute atomic E-state index is 8.58. The third-order valence-corrected chi connectivity index (χ3v) is 1.57. The van der Waals surface area contributed by atoms with Crippen molar-refractivity contribution >= 4 is 0 Å². The molecule has 11 heavy (non-hydrogen) atoms. The third-order valence-electron chi connectivity index (χ3n) is 1.57. The van der Waals surface area contributed by atoms with Gasteiger partial charge in [-0.05, 0) is 12.1 Å². The van der Waals surface area contributed by atoms with Gasteiger partial charge in [-0.1, -0.05) is 0 Å². The molecule has 1 rings (SSSR count). The number of rotatable bonds is 1. The molecule has 0 saturated heterocycles. The van der Waals surface area contributed by atoms with Crippen LogP contribution in [0.25, 0.3) is 0 Å². The molecule has 0 saturated carbocycles. The Kier molecular flexibility index (Phi) is 2.18. The van der Waals surface area contributed by atoms with Crippen LogP contribution >= 0.6 is 0 Å². The zero-order valence-electron chi connectivity index (χ0n) is 6.76. The highest BCUT2D eigenvalue weighted by Crippen LogP contribution is 2.13. The molecule has 0 amide bonds. The smallest absolute Gasteiger partial charge is 0.133 e. The van der Waals surface area contributed by atoms with Crippen molar-refractivity contribution in [2.45, 2.75) is 13.8 Å². The van der Waals surface area contributed by atoms with Gasteiger partial charge in [0.1, 0.15) is 17.2 Å². The van der Waals surface area contributed by atoms with Gasteiger partial charge in [-0.2, -0.15) is 5.26 Å². The molecule has 0 N–H and O–H groups in total. The molecular weight excluding hydrogens is 134 g/mol. The molecule has 0 aliphatic heterocycles. The van der Waals surface area contributed by atoms with E-state index in [1.54, 1.807) is 0 Å². The van der Waals surface area contributed by atoms with E-state index >= 15 is 0 Å². The van der Waals surface area contributed by atoms with Crippen LogP contribution in [0.5, 0.6) is 0 Å². The highest BCUT2D eigenvalue weighted by molar-refractivity contribution is 5.38. The zero-order valence-corrected chi connectivity index (χ0v) is 6.76. The summed E-state index contributed by atoms with van der Waals surface area (Å²) in [6, 6.07) is 9.73. The van der Waals surface area contributed by atoms with Crippen LogP contribution in [0.2, 0.25) is 0 Å². The monoisotopic (exact) mass is 144 g/mol. The van der Waals surface area contributed by atoms with E-state index in [1.165, 1.54) is 5.92 Å². The molecule has 0 aromatic heterocycles. The summed E-state index contributed by atoms with van der Waals surface area (Å²) in [5.74, 6) is 1.24. The minimum atomic E-state index is 0.726. The van der Waals surface area contributed by atoms with Gasteiger partial charge in [0.05, 0.1) is 6.07 Å². The van der Waals surface area contributed by atoms with Gasteiger partial charge in [0, 0.05) is 25.8 Å². The van der Waals surface area contributed by atoms with E-state index in [2.05, 4.69) is 6.07 Å². The summed E-state index contributed by atoms with van der Waals surface area (Å²) in [7, 11) is 0. The first-order valence-electron chi connectivity index (χ1n) is 3.54. The summed E-state index contributed by atoms with van der Waals surface area (Å²) in [5, 5.41) is 8.58. The highest BCUT2D eigenvalue weighted by atomic mass is 14.2. The molecule has 0 radical (unpaired) electrons. The molecule has 0 heterocycles. The Morgan fingerprint density at radius 1 is 1.36 bits per heavy atom. The first-order valence-corrected chi connectivity index (χ1v) is 3.54. The Hall–Kier alpha value is -1.42. The molecule has 0 aliphatic rings. The quantitative estimate of drug-likeness (QED) is 0.555. The normalized spacial score (nSPS) is 8.82. The van der Waals surface area contributed by atoms with E-state index in [-0.39, 0.29) is 0 Å². The van der Waals surface area contributed by atoms with Crippen LogP contribution < -0.4 is 0 Å². The summed E-state index contributed by atoms with van der Waals surface area (Å²) < 4.78 is 0. The molecule has 0 aliphatic carbocycles.